The predicted molar refractivity (Wildman–Crippen MR) is 106 cm³/mol. The number of ether oxygens (including phenoxy) is 2. The Morgan fingerprint density at radius 2 is 1.96 bits per heavy atom. The zero-order chi connectivity index (χ0) is 19.7. The first-order valence-corrected chi connectivity index (χ1v) is 10.1. The summed E-state index contributed by atoms with van der Waals surface area (Å²) < 4.78 is 11.2. The third-order valence-corrected chi connectivity index (χ3v) is 6.08. The van der Waals surface area contributed by atoms with E-state index in [0.717, 1.165) is 49.8 Å². The molecule has 0 amide bonds. The largest absolute Gasteiger partial charge is 0.497 e. The molecule has 2 atom stereocenters. The Balaban J connectivity index is 1.76. The van der Waals surface area contributed by atoms with Gasteiger partial charge in [0.2, 0.25) is 0 Å². The fourth-order valence-electron chi connectivity index (χ4n) is 4.71. The maximum atomic E-state index is 13.2. The Labute approximate surface area is 165 Å². The van der Waals surface area contributed by atoms with Crippen molar-refractivity contribution in [2.24, 2.45) is 5.92 Å². The van der Waals surface area contributed by atoms with Crippen LogP contribution < -0.4 is 10.1 Å². The molecule has 1 fully saturated rings. The van der Waals surface area contributed by atoms with Crippen LogP contribution in [0.1, 0.15) is 56.4 Å². The van der Waals surface area contributed by atoms with Crippen LogP contribution in [0.25, 0.3) is 0 Å². The van der Waals surface area contributed by atoms with Gasteiger partial charge in [-0.1, -0.05) is 18.7 Å². The van der Waals surface area contributed by atoms with Crippen LogP contribution in [0.5, 0.6) is 5.75 Å². The van der Waals surface area contributed by atoms with Crippen LogP contribution in [-0.2, 0) is 14.3 Å². The van der Waals surface area contributed by atoms with Gasteiger partial charge in [0.25, 0.3) is 0 Å². The molecule has 0 spiro atoms. The Hall–Kier alpha value is -2.56. The molecule has 5 nitrogen and oxygen atoms in total. The molecule has 1 N–H and O–H groups in total. The van der Waals surface area contributed by atoms with Crippen LogP contribution in [0.15, 0.2) is 47.8 Å². The fraction of sp³-hybridized carbons (Fsp3) is 0.478. The van der Waals surface area contributed by atoms with Crippen molar-refractivity contribution in [2.75, 3.05) is 7.11 Å². The van der Waals surface area contributed by atoms with Gasteiger partial charge in [0.1, 0.15) is 17.8 Å². The van der Waals surface area contributed by atoms with E-state index in [1.807, 2.05) is 24.3 Å². The molecule has 0 aromatic heterocycles. The van der Waals surface area contributed by atoms with Crippen molar-refractivity contribution in [3.63, 3.8) is 0 Å². The summed E-state index contributed by atoms with van der Waals surface area (Å²) in [6, 6.07) is 7.62. The zero-order valence-corrected chi connectivity index (χ0v) is 16.3. The van der Waals surface area contributed by atoms with Crippen LogP contribution in [0.4, 0.5) is 0 Å². The van der Waals surface area contributed by atoms with Crippen LogP contribution in [0, 0.1) is 5.92 Å². The van der Waals surface area contributed by atoms with Crippen molar-refractivity contribution in [1.29, 1.82) is 0 Å². The minimum Gasteiger partial charge on any atom is -0.497 e. The van der Waals surface area contributed by atoms with Crippen LogP contribution in [0.3, 0.4) is 0 Å². The molecule has 148 valence electrons. The number of rotatable bonds is 4. The Morgan fingerprint density at radius 3 is 2.71 bits per heavy atom. The van der Waals surface area contributed by atoms with E-state index in [-0.39, 0.29) is 23.8 Å². The molecular weight excluding hydrogens is 354 g/mol. The number of ketones is 1. The second-order valence-corrected chi connectivity index (χ2v) is 7.89. The summed E-state index contributed by atoms with van der Waals surface area (Å²) >= 11 is 0. The van der Waals surface area contributed by atoms with Gasteiger partial charge in [0, 0.05) is 29.3 Å². The highest BCUT2D eigenvalue weighted by Crippen LogP contribution is 2.45. The lowest BCUT2D eigenvalue weighted by atomic mass is 9.71. The van der Waals surface area contributed by atoms with E-state index in [9.17, 15) is 9.59 Å². The number of hydrogen-bond donors (Lipinski definition) is 1. The van der Waals surface area contributed by atoms with Gasteiger partial charge >= 0.3 is 5.97 Å². The number of nitrogens with one attached hydrogen (secondary N) is 1. The third kappa shape index (κ3) is 3.46. The van der Waals surface area contributed by atoms with E-state index in [4.69, 9.17) is 9.47 Å². The van der Waals surface area contributed by atoms with Crippen molar-refractivity contribution < 1.29 is 19.1 Å². The van der Waals surface area contributed by atoms with Gasteiger partial charge in [-0.05, 0) is 56.2 Å². The first-order chi connectivity index (χ1) is 13.6. The maximum Gasteiger partial charge on any atom is 0.316 e. The summed E-state index contributed by atoms with van der Waals surface area (Å²) in [5.74, 6) is -0.487. The first-order valence-electron chi connectivity index (χ1n) is 10.1. The van der Waals surface area contributed by atoms with E-state index in [0.29, 0.717) is 23.4 Å². The molecule has 1 saturated carbocycles. The van der Waals surface area contributed by atoms with Gasteiger partial charge in [0.15, 0.2) is 5.78 Å². The van der Waals surface area contributed by atoms with Crippen molar-refractivity contribution in [2.45, 2.75) is 57.0 Å². The number of allylic oxidation sites excluding steroid dienone is 2. The molecule has 5 heteroatoms. The van der Waals surface area contributed by atoms with Gasteiger partial charge in [-0.15, -0.1) is 0 Å². The summed E-state index contributed by atoms with van der Waals surface area (Å²) in [5.41, 5.74) is 3.11. The number of methoxy groups -OCH3 is 1. The van der Waals surface area contributed by atoms with E-state index in [1.165, 1.54) is 0 Å². The van der Waals surface area contributed by atoms with Crippen molar-refractivity contribution in [3.8, 4) is 5.75 Å². The summed E-state index contributed by atoms with van der Waals surface area (Å²) in [5, 5.41) is 3.27. The summed E-state index contributed by atoms with van der Waals surface area (Å²) in [6.45, 7) is 4.14. The second kappa shape index (κ2) is 7.82. The summed E-state index contributed by atoms with van der Waals surface area (Å²) in [4.78, 5) is 26.1. The van der Waals surface area contributed by atoms with Gasteiger partial charge in [0.05, 0.1) is 7.11 Å². The molecule has 0 saturated heterocycles. The Bertz CT molecular complexity index is 835. The van der Waals surface area contributed by atoms with Crippen LogP contribution in [0.2, 0.25) is 0 Å². The SMILES string of the molecule is C=C1NC2=C(C(=O)CCC2)C(c2cccc(OC)c2)C1C(=O)OC1CCCC1. The van der Waals surface area contributed by atoms with E-state index >= 15 is 0 Å². The molecule has 2 unspecified atom stereocenters. The topological polar surface area (TPSA) is 64.6 Å². The highest BCUT2D eigenvalue weighted by molar-refractivity contribution is 6.00. The third-order valence-electron chi connectivity index (χ3n) is 6.08. The average molecular weight is 381 g/mol. The molecule has 28 heavy (non-hydrogen) atoms. The molecular formula is C23H27NO4. The second-order valence-electron chi connectivity index (χ2n) is 7.89. The fourth-order valence-corrected chi connectivity index (χ4v) is 4.71. The molecule has 2 aliphatic carbocycles. The van der Waals surface area contributed by atoms with Crippen molar-refractivity contribution in [1.82, 2.24) is 5.32 Å². The van der Waals surface area contributed by atoms with Gasteiger partial charge < -0.3 is 14.8 Å². The van der Waals surface area contributed by atoms with Crippen molar-refractivity contribution in [3.05, 3.63) is 53.4 Å². The van der Waals surface area contributed by atoms with Gasteiger partial charge in [-0.3, -0.25) is 9.59 Å². The summed E-state index contributed by atoms with van der Waals surface area (Å²) in [6.07, 6.45) is 6.11. The smallest absolute Gasteiger partial charge is 0.316 e. The quantitative estimate of drug-likeness (QED) is 0.799. The minimum atomic E-state index is -0.617. The van der Waals surface area contributed by atoms with Crippen LogP contribution >= 0.6 is 0 Å². The number of hydrogen-bond acceptors (Lipinski definition) is 5. The number of carbonyl (C=O) groups is 2. The number of carbonyl (C=O) groups excluding carboxylic acids is 2. The monoisotopic (exact) mass is 381 g/mol. The molecule has 3 aliphatic rings. The summed E-state index contributed by atoms with van der Waals surface area (Å²) in [7, 11) is 1.61. The standard InChI is InChI=1S/C23H27NO4/c1-14-20(23(26)28-16-8-3-4-9-16)21(15-7-5-10-17(13-15)27-2)22-18(24-14)11-6-12-19(22)25/h5,7,10,13,16,20-21,24H,1,3-4,6,8-9,11-12H2,2H3. The molecule has 0 radical (unpaired) electrons. The number of Topliss-reactive ketones (excluding diaryl/α,β-unsaturated/α-hetero) is 1. The molecule has 0 bridgehead atoms. The van der Waals surface area contributed by atoms with E-state index in [2.05, 4.69) is 11.9 Å². The lowest BCUT2D eigenvalue weighted by Gasteiger charge is -2.38. The van der Waals surface area contributed by atoms with Crippen molar-refractivity contribution >= 4 is 11.8 Å². The molecule has 1 aromatic carbocycles. The Morgan fingerprint density at radius 1 is 1.18 bits per heavy atom. The molecule has 4 rings (SSSR count). The normalized spacial score (nSPS) is 25.3. The number of esters is 1. The minimum absolute atomic E-state index is 0.0244. The zero-order valence-electron chi connectivity index (χ0n) is 16.3. The van der Waals surface area contributed by atoms with Gasteiger partial charge in [-0.25, -0.2) is 0 Å². The number of benzene rings is 1. The predicted octanol–water partition coefficient (Wildman–Crippen LogP) is 4.00. The lowest BCUT2D eigenvalue weighted by molar-refractivity contribution is -0.153. The van der Waals surface area contributed by atoms with Gasteiger partial charge in [-0.2, -0.15) is 0 Å². The van der Waals surface area contributed by atoms with E-state index in [1.54, 1.807) is 7.11 Å². The lowest BCUT2D eigenvalue weighted by Crippen LogP contribution is -2.41. The van der Waals surface area contributed by atoms with Crippen LogP contribution in [-0.4, -0.2) is 25.0 Å². The molecule has 1 aliphatic heterocycles. The molecule has 1 heterocycles. The highest BCUT2D eigenvalue weighted by atomic mass is 16.5. The first kappa shape index (κ1) is 18.8. The Kier molecular flexibility index (Phi) is 5.25. The maximum absolute atomic E-state index is 13.2. The average Bonchev–Trinajstić information content (AvgIpc) is 3.20. The van der Waals surface area contributed by atoms with E-state index < -0.39 is 5.92 Å². The molecule has 1 aromatic rings. The highest BCUT2D eigenvalue weighted by Gasteiger charge is 2.44.